The molecule has 0 aromatic carbocycles. The van der Waals surface area contributed by atoms with E-state index >= 15 is 0 Å². The highest BCUT2D eigenvalue weighted by molar-refractivity contribution is 4.79. The van der Waals surface area contributed by atoms with Crippen molar-refractivity contribution in [1.82, 2.24) is 5.32 Å². The minimum atomic E-state index is -0.158. The molecule has 0 spiro atoms. The van der Waals surface area contributed by atoms with Crippen LogP contribution in [0.4, 0.5) is 0 Å². The topological polar surface area (TPSA) is 32.3 Å². The summed E-state index contributed by atoms with van der Waals surface area (Å²) in [6, 6.07) is 0.712. The highest BCUT2D eigenvalue weighted by Crippen LogP contribution is 2.24. The first-order chi connectivity index (χ1) is 5.70. The van der Waals surface area contributed by atoms with Crippen molar-refractivity contribution >= 4 is 0 Å². The van der Waals surface area contributed by atoms with Crippen molar-refractivity contribution in [2.45, 2.75) is 51.7 Å². The molecule has 0 aromatic rings. The molecule has 2 N–H and O–H groups in total. The number of hydrogen-bond acceptors (Lipinski definition) is 2. The fraction of sp³-hybridized carbons (Fsp3) is 1.00. The highest BCUT2D eigenvalue weighted by atomic mass is 16.3. The van der Waals surface area contributed by atoms with Crippen LogP contribution in [0.2, 0.25) is 0 Å². The molecular formula is C10H21NO. The summed E-state index contributed by atoms with van der Waals surface area (Å²) in [5.74, 6) is 0.832. The standard InChI is InChI=1S/C10H21NO/c1-8-4-3-5-10(8)11-7-6-9(2)12/h8-12H,3-7H2,1-2H3/t8-,9+,10-/m0/s1. The van der Waals surface area contributed by atoms with E-state index in [2.05, 4.69) is 12.2 Å². The molecule has 0 aromatic heterocycles. The van der Waals surface area contributed by atoms with Gasteiger partial charge in [0.2, 0.25) is 0 Å². The predicted octanol–water partition coefficient (Wildman–Crippen LogP) is 1.54. The zero-order valence-corrected chi connectivity index (χ0v) is 8.21. The van der Waals surface area contributed by atoms with E-state index < -0.39 is 0 Å². The van der Waals surface area contributed by atoms with Gasteiger partial charge in [-0.3, -0.25) is 0 Å². The van der Waals surface area contributed by atoms with E-state index in [0.717, 1.165) is 18.9 Å². The first-order valence-electron chi connectivity index (χ1n) is 5.11. The number of hydrogen-bond donors (Lipinski definition) is 2. The third-order valence-electron chi connectivity index (χ3n) is 2.83. The Morgan fingerprint density at radius 3 is 2.75 bits per heavy atom. The second-order valence-corrected chi connectivity index (χ2v) is 4.11. The summed E-state index contributed by atoms with van der Waals surface area (Å²) in [7, 11) is 0. The SMILES string of the molecule is C[C@@H](O)CCN[C@H]1CCC[C@@H]1C. The summed E-state index contributed by atoms with van der Waals surface area (Å²) in [5.41, 5.74) is 0. The number of rotatable bonds is 4. The van der Waals surface area contributed by atoms with Crippen LogP contribution in [-0.4, -0.2) is 23.8 Å². The van der Waals surface area contributed by atoms with Gasteiger partial charge in [-0.05, 0) is 38.6 Å². The minimum absolute atomic E-state index is 0.158. The summed E-state index contributed by atoms with van der Waals surface area (Å²) < 4.78 is 0. The van der Waals surface area contributed by atoms with E-state index in [4.69, 9.17) is 5.11 Å². The Balaban J connectivity index is 2.06. The average molecular weight is 171 g/mol. The third-order valence-corrected chi connectivity index (χ3v) is 2.83. The van der Waals surface area contributed by atoms with Crippen LogP contribution in [0, 0.1) is 5.92 Å². The molecular weight excluding hydrogens is 150 g/mol. The molecule has 1 saturated carbocycles. The summed E-state index contributed by atoms with van der Waals surface area (Å²) in [6.07, 6.45) is 4.78. The smallest absolute Gasteiger partial charge is 0.0524 e. The number of aliphatic hydroxyl groups is 1. The first kappa shape index (κ1) is 10.0. The molecule has 0 amide bonds. The van der Waals surface area contributed by atoms with Crippen molar-refractivity contribution in [3.8, 4) is 0 Å². The lowest BCUT2D eigenvalue weighted by Crippen LogP contribution is -2.32. The molecule has 0 heterocycles. The number of nitrogens with one attached hydrogen (secondary N) is 1. The van der Waals surface area contributed by atoms with E-state index in [1.807, 2.05) is 6.92 Å². The third kappa shape index (κ3) is 3.11. The molecule has 0 radical (unpaired) electrons. The fourth-order valence-corrected chi connectivity index (χ4v) is 1.93. The summed E-state index contributed by atoms with van der Waals surface area (Å²) in [4.78, 5) is 0. The van der Waals surface area contributed by atoms with E-state index in [1.54, 1.807) is 0 Å². The lowest BCUT2D eigenvalue weighted by Gasteiger charge is -2.17. The van der Waals surface area contributed by atoms with Gasteiger partial charge in [0, 0.05) is 6.04 Å². The molecule has 0 aliphatic heterocycles. The lowest BCUT2D eigenvalue weighted by molar-refractivity contribution is 0.181. The molecule has 1 aliphatic rings. The zero-order chi connectivity index (χ0) is 8.97. The van der Waals surface area contributed by atoms with Crippen LogP contribution in [0.3, 0.4) is 0 Å². The maximum Gasteiger partial charge on any atom is 0.0524 e. The highest BCUT2D eigenvalue weighted by Gasteiger charge is 2.22. The van der Waals surface area contributed by atoms with Crippen LogP contribution in [0.15, 0.2) is 0 Å². The second-order valence-electron chi connectivity index (χ2n) is 4.11. The molecule has 1 rings (SSSR count). The van der Waals surface area contributed by atoms with Gasteiger partial charge in [0.25, 0.3) is 0 Å². The monoisotopic (exact) mass is 171 g/mol. The van der Waals surface area contributed by atoms with Crippen molar-refractivity contribution in [3.63, 3.8) is 0 Å². The zero-order valence-electron chi connectivity index (χ0n) is 8.21. The molecule has 3 atom stereocenters. The van der Waals surface area contributed by atoms with E-state index in [9.17, 15) is 0 Å². The second kappa shape index (κ2) is 4.83. The van der Waals surface area contributed by atoms with Gasteiger partial charge in [-0.1, -0.05) is 13.3 Å². The van der Waals surface area contributed by atoms with Gasteiger partial charge in [0.15, 0.2) is 0 Å². The van der Waals surface area contributed by atoms with Crippen molar-refractivity contribution < 1.29 is 5.11 Å². The Hall–Kier alpha value is -0.0800. The minimum Gasteiger partial charge on any atom is -0.393 e. The quantitative estimate of drug-likeness (QED) is 0.672. The Kier molecular flexibility index (Phi) is 4.02. The molecule has 0 bridgehead atoms. The van der Waals surface area contributed by atoms with Gasteiger partial charge in [-0.2, -0.15) is 0 Å². The largest absolute Gasteiger partial charge is 0.393 e. The van der Waals surface area contributed by atoms with E-state index in [0.29, 0.717) is 6.04 Å². The van der Waals surface area contributed by atoms with Crippen molar-refractivity contribution in [2.75, 3.05) is 6.54 Å². The molecule has 0 saturated heterocycles. The van der Waals surface area contributed by atoms with Gasteiger partial charge >= 0.3 is 0 Å². The fourth-order valence-electron chi connectivity index (χ4n) is 1.93. The molecule has 72 valence electrons. The Labute approximate surface area is 75.4 Å². The van der Waals surface area contributed by atoms with Gasteiger partial charge in [-0.15, -0.1) is 0 Å². The maximum absolute atomic E-state index is 9.05. The van der Waals surface area contributed by atoms with Crippen LogP contribution in [0.25, 0.3) is 0 Å². The van der Waals surface area contributed by atoms with Crippen LogP contribution in [0.5, 0.6) is 0 Å². The lowest BCUT2D eigenvalue weighted by atomic mass is 10.1. The van der Waals surface area contributed by atoms with Crippen LogP contribution >= 0.6 is 0 Å². The van der Waals surface area contributed by atoms with Crippen molar-refractivity contribution in [2.24, 2.45) is 5.92 Å². The molecule has 12 heavy (non-hydrogen) atoms. The van der Waals surface area contributed by atoms with Crippen molar-refractivity contribution in [3.05, 3.63) is 0 Å². The summed E-state index contributed by atoms with van der Waals surface area (Å²) >= 11 is 0. The molecule has 0 unspecified atom stereocenters. The molecule has 1 fully saturated rings. The predicted molar refractivity (Wildman–Crippen MR) is 51.1 cm³/mol. The Bertz CT molecular complexity index is 125. The first-order valence-corrected chi connectivity index (χ1v) is 5.11. The van der Waals surface area contributed by atoms with E-state index in [1.165, 1.54) is 19.3 Å². The van der Waals surface area contributed by atoms with Gasteiger partial charge in [-0.25, -0.2) is 0 Å². The van der Waals surface area contributed by atoms with Gasteiger partial charge < -0.3 is 10.4 Å². The summed E-state index contributed by atoms with van der Waals surface area (Å²) in [6.45, 7) is 5.12. The van der Waals surface area contributed by atoms with Crippen LogP contribution in [0.1, 0.15) is 39.5 Å². The van der Waals surface area contributed by atoms with Crippen LogP contribution < -0.4 is 5.32 Å². The Morgan fingerprint density at radius 1 is 1.50 bits per heavy atom. The maximum atomic E-state index is 9.05. The van der Waals surface area contributed by atoms with Crippen molar-refractivity contribution in [1.29, 1.82) is 0 Å². The van der Waals surface area contributed by atoms with Gasteiger partial charge in [0.1, 0.15) is 0 Å². The van der Waals surface area contributed by atoms with E-state index in [-0.39, 0.29) is 6.10 Å². The molecule has 2 nitrogen and oxygen atoms in total. The molecule has 1 aliphatic carbocycles. The van der Waals surface area contributed by atoms with Crippen LogP contribution in [-0.2, 0) is 0 Å². The van der Waals surface area contributed by atoms with Gasteiger partial charge in [0.05, 0.1) is 6.10 Å². The number of aliphatic hydroxyl groups excluding tert-OH is 1. The normalized spacial score (nSPS) is 32.2. The Morgan fingerprint density at radius 2 is 2.25 bits per heavy atom. The average Bonchev–Trinajstić information content (AvgIpc) is 2.36. The molecule has 2 heteroatoms. The summed E-state index contributed by atoms with van der Waals surface area (Å²) in [5, 5.41) is 12.6.